The zero-order valence-electron chi connectivity index (χ0n) is 18.5. The second-order valence-corrected chi connectivity index (χ2v) is 8.32. The van der Waals surface area contributed by atoms with Gasteiger partial charge in [-0.3, -0.25) is 9.78 Å². The van der Waals surface area contributed by atoms with Crippen LogP contribution in [0.5, 0.6) is 0 Å². The highest BCUT2D eigenvalue weighted by molar-refractivity contribution is 5.94. The SMILES string of the molecule is CCOCc1ccc(C(=O)N2CCCC(c3ccc(Cc4cccc(F)c4)cn3)C2)cc1. The number of piperidine rings is 1. The average Bonchev–Trinajstić information content (AvgIpc) is 2.83. The number of likely N-dealkylation sites (tertiary alicyclic amines) is 1. The van der Waals surface area contributed by atoms with Gasteiger partial charge in [0, 0.05) is 43.1 Å². The number of halogens is 1. The van der Waals surface area contributed by atoms with Crippen LogP contribution in [-0.4, -0.2) is 35.5 Å². The lowest BCUT2D eigenvalue weighted by Crippen LogP contribution is -2.39. The molecule has 0 bridgehead atoms. The second kappa shape index (κ2) is 10.5. The van der Waals surface area contributed by atoms with E-state index in [9.17, 15) is 9.18 Å². The molecule has 0 N–H and O–H groups in total. The molecular weight excluding hydrogens is 403 g/mol. The Morgan fingerprint density at radius 3 is 2.62 bits per heavy atom. The van der Waals surface area contributed by atoms with Gasteiger partial charge in [0.1, 0.15) is 5.82 Å². The minimum absolute atomic E-state index is 0.0698. The van der Waals surface area contributed by atoms with Crippen LogP contribution in [0.15, 0.2) is 66.9 Å². The number of benzene rings is 2. The average molecular weight is 433 g/mol. The van der Waals surface area contributed by atoms with Crippen LogP contribution >= 0.6 is 0 Å². The molecule has 1 amide bonds. The summed E-state index contributed by atoms with van der Waals surface area (Å²) in [6.45, 7) is 4.66. The van der Waals surface area contributed by atoms with Gasteiger partial charge in [0.05, 0.1) is 6.61 Å². The van der Waals surface area contributed by atoms with Crippen molar-refractivity contribution in [3.8, 4) is 0 Å². The van der Waals surface area contributed by atoms with Gasteiger partial charge in [0.25, 0.3) is 5.91 Å². The molecule has 4 nitrogen and oxygen atoms in total. The van der Waals surface area contributed by atoms with Crippen LogP contribution in [0.4, 0.5) is 4.39 Å². The van der Waals surface area contributed by atoms with Gasteiger partial charge < -0.3 is 9.64 Å². The number of rotatable bonds is 7. The van der Waals surface area contributed by atoms with E-state index in [0.717, 1.165) is 41.8 Å². The maximum Gasteiger partial charge on any atom is 0.253 e. The molecule has 1 fully saturated rings. The third kappa shape index (κ3) is 5.60. The van der Waals surface area contributed by atoms with Crippen LogP contribution in [0.3, 0.4) is 0 Å². The molecule has 2 heterocycles. The van der Waals surface area contributed by atoms with Crippen molar-refractivity contribution in [2.24, 2.45) is 0 Å². The second-order valence-electron chi connectivity index (χ2n) is 8.32. The normalized spacial score (nSPS) is 16.2. The first kappa shape index (κ1) is 22.2. The Morgan fingerprint density at radius 1 is 1.09 bits per heavy atom. The van der Waals surface area contributed by atoms with Crippen molar-refractivity contribution >= 4 is 5.91 Å². The standard InChI is InChI=1S/C27H29FN2O2/c1-2-32-19-20-8-11-23(12-9-20)27(31)30-14-4-6-24(18-30)26-13-10-22(17-29-26)15-21-5-3-7-25(28)16-21/h3,5,7-13,16-17,24H,2,4,6,14-15,18-19H2,1H3. The predicted octanol–water partition coefficient (Wildman–Crippen LogP) is 5.37. The van der Waals surface area contributed by atoms with Crippen LogP contribution in [0.2, 0.25) is 0 Å². The molecule has 32 heavy (non-hydrogen) atoms. The molecule has 0 aliphatic carbocycles. The predicted molar refractivity (Wildman–Crippen MR) is 123 cm³/mol. The third-order valence-electron chi connectivity index (χ3n) is 5.95. The van der Waals surface area contributed by atoms with Crippen molar-refractivity contribution in [1.29, 1.82) is 0 Å². The molecule has 1 atom stereocenters. The minimum atomic E-state index is -0.219. The van der Waals surface area contributed by atoms with E-state index in [2.05, 4.69) is 17.1 Å². The molecule has 2 aromatic carbocycles. The van der Waals surface area contributed by atoms with E-state index >= 15 is 0 Å². The van der Waals surface area contributed by atoms with Crippen LogP contribution in [0.1, 0.15) is 58.4 Å². The summed E-state index contributed by atoms with van der Waals surface area (Å²) in [6.07, 6.45) is 4.51. The Hall–Kier alpha value is -3.05. The Morgan fingerprint density at radius 2 is 1.91 bits per heavy atom. The smallest absolute Gasteiger partial charge is 0.253 e. The van der Waals surface area contributed by atoms with Gasteiger partial charge >= 0.3 is 0 Å². The summed E-state index contributed by atoms with van der Waals surface area (Å²) in [4.78, 5) is 19.7. The van der Waals surface area contributed by atoms with Gasteiger partial charge in [0.2, 0.25) is 0 Å². The van der Waals surface area contributed by atoms with E-state index in [0.29, 0.717) is 31.7 Å². The summed E-state index contributed by atoms with van der Waals surface area (Å²) in [7, 11) is 0. The Balaban J connectivity index is 1.38. The summed E-state index contributed by atoms with van der Waals surface area (Å²) < 4.78 is 18.8. The van der Waals surface area contributed by atoms with E-state index in [-0.39, 0.29) is 17.6 Å². The third-order valence-corrected chi connectivity index (χ3v) is 5.95. The summed E-state index contributed by atoms with van der Waals surface area (Å²) in [5.74, 6) is 0.0801. The zero-order chi connectivity index (χ0) is 22.3. The lowest BCUT2D eigenvalue weighted by atomic mass is 9.93. The molecule has 1 aliphatic rings. The molecule has 3 aromatic rings. The number of carbonyl (C=O) groups excluding carboxylic acids is 1. The molecule has 5 heteroatoms. The first-order valence-corrected chi connectivity index (χ1v) is 11.3. The quantitative estimate of drug-likeness (QED) is 0.504. The fraction of sp³-hybridized carbons (Fsp3) is 0.333. The van der Waals surface area contributed by atoms with E-state index in [4.69, 9.17) is 4.74 Å². The molecule has 1 aromatic heterocycles. The van der Waals surface area contributed by atoms with Gasteiger partial charge in [-0.25, -0.2) is 4.39 Å². The largest absolute Gasteiger partial charge is 0.377 e. The van der Waals surface area contributed by atoms with Crippen LogP contribution in [0, 0.1) is 5.82 Å². The lowest BCUT2D eigenvalue weighted by molar-refractivity contribution is 0.0705. The summed E-state index contributed by atoms with van der Waals surface area (Å²) >= 11 is 0. The number of amides is 1. The van der Waals surface area contributed by atoms with Gasteiger partial charge in [0.15, 0.2) is 0 Å². The number of aromatic nitrogens is 1. The van der Waals surface area contributed by atoms with Crippen LogP contribution in [-0.2, 0) is 17.8 Å². The van der Waals surface area contributed by atoms with E-state index in [1.807, 2.05) is 48.4 Å². The highest BCUT2D eigenvalue weighted by Crippen LogP contribution is 2.27. The van der Waals surface area contributed by atoms with Crippen molar-refractivity contribution in [2.75, 3.05) is 19.7 Å². The topological polar surface area (TPSA) is 42.4 Å². The maximum absolute atomic E-state index is 13.4. The molecule has 0 saturated carbocycles. The maximum atomic E-state index is 13.4. The molecule has 166 valence electrons. The first-order chi connectivity index (χ1) is 15.6. The molecule has 1 unspecified atom stereocenters. The molecule has 1 saturated heterocycles. The summed E-state index contributed by atoms with van der Waals surface area (Å²) in [5.41, 5.74) is 4.78. The monoisotopic (exact) mass is 432 g/mol. The minimum Gasteiger partial charge on any atom is -0.377 e. The first-order valence-electron chi connectivity index (χ1n) is 11.3. The van der Waals surface area contributed by atoms with E-state index < -0.39 is 0 Å². The van der Waals surface area contributed by atoms with Crippen molar-refractivity contribution in [1.82, 2.24) is 9.88 Å². The molecule has 0 spiro atoms. The van der Waals surface area contributed by atoms with E-state index in [1.54, 1.807) is 12.1 Å². The number of nitrogens with zero attached hydrogens (tertiary/aromatic N) is 2. The van der Waals surface area contributed by atoms with Crippen molar-refractivity contribution in [3.63, 3.8) is 0 Å². The highest BCUT2D eigenvalue weighted by Gasteiger charge is 2.26. The summed E-state index contributed by atoms with van der Waals surface area (Å²) in [5, 5.41) is 0. The summed E-state index contributed by atoms with van der Waals surface area (Å²) in [6, 6.07) is 18.5. The van der Waals surface area contributed by atoms with Crippen molar-refractivity contribution < 1.29 is 13.9 Å². The van der Waals surface area contributed by atoms with Gasteiger partial charge in [-0.1, -0.05) is 30.3 Å². The van der Waals surface area contributed by atoms with Gasteiger partial charge in [-0.05, 0) is 73.2 Å². The Bertz CT molecular complexity index is 1030. The fourth-order valence-electron chi connectivity index (χ4n) is 4.21. The van der Waals surface area contributed by atoms with Gasteiger partial charge in [-0.15, -0.1) is 0 Å². The number of hydrogen-bond acceptors (Lipinski definition) is 3. The highest BCUT2D eigenvalue weighted by atomic mass is 19.1. The molecule has 1 aliphatic heterocycles. The Labute approximate surface area is 189 Å². The zero-order valence-corrected chi connectivity index (χ0v) is 18.5. The number of carbonyl (C=O) groups is 1. The fourth-order valence-corrected chi connectivity index (χ4v) is 4.21. The van der Waals surface area contributed by atoms with Crippen molar-refractivity contribution in [2.45, 2.75) is 38.7 Å². The van der Waals surface area contributed by atoms with Crippen LogP contribution in [0.25, 0.3) is 0 Å². The molecule has 4 rings (SSSR count). The van der Waals surface area contributed by atoms with Gasteiger partial charge in [-0.2, -0.15) is 0 Å². The number of ether oxygens (including phenoxy) is 1. The Kier molecular flexibility index (Phi) is 7.28. The number of pyridine rings is 1. The van der Waals surface area contributed by atoms with E-state index in [1.165, 1.54) is 6.07 Å². The molecular formula is C27H29FN2O2. The van der Waals surface area contributed by atoms with Crippen molar-refractivity contribution in [3.05, 3.63) is 101 Å². The number of hydrogen-bond donors (Lipinski definition) is 0. The lowest BCUT2D eigenvalue weighted by Gasteiger charge is -2.32. The molecule has 0 radical (unpaired) electrons. The van der Waals surface area contributed by atoms with Crippen LogP contribution < -0.4 is 0 Å².